The van der Waals surface area contributed by atoms with E-state index in [2.05, 4.69) is 80.7 Å². The van der Waals surface area contributed by atoms with Gasteiger partial charge in [-0.15, -0.1) is 0 Å². The minimum Gasteiger partial charge on any atom is -0.508 e. The van der Waals surface area contributed by atoms with Crippen molar-refractivity contribution in [1.82, 2.24) is 15.1 Å². The first kappa shape index (κ1) is 35.4. The minimum atomic E-state index is -0.978. The number of ether oxygens (including phenoxy) is 1. The summed E-state index contributed by atoms with van der Waals surface area (Å²) in [6, 6.07) is 31.4. The van der Waals surface area contributed by atoms with E-state index in [0.29, 0.717) is 31.1 Å². The molecule has 0 radical (unpaired) electrons. The van der Waals surface area contributed by atoms with Crippen LogP contribution < -0.4 is 19.9 Å². The monoisotopic (exact) mass is 739 g/mol. The molecule has 10 heteroatoms. The normalized spacial score (nSPS) is 24.5. The lowest BCUT2D eigenvalue weighted by Gasteiger charge is -2.40. The number of piperazine rings is 1. The van der Waals surface area contributed by atoms with Crippen molar-refractivity contribution in [2.24, 2.45) is 5.92 Å². The summed E-state index contributed by atoms with van der Waals surface area (Å²) < 4.78 is 6.18. The smallest absolute Gasteiger partial charge is 0.255 e. The van der Waals surface area contributed by atoms with E-state index in [0.717, 1.165) is 74.7 Å². The number of phenolic OH excluding ortho intramolecular Hbond substituents is 1. The lowest BCUT2D eigenvalue weighted by Crippen LogP contribution is -2.60. The number of fused-ring (bicyclic) bond motifs is 2. The van der Waals surface area contributed by atoms with Crippen LogP contribution in [0.2, 0.25) is 0 Å². The van der Waals surface area contributed by atoms with Crippen LogP contribution in [0.4, 0.5) is 11.4 Å². The zero-order chi connectivity index (χ0) is 37.5. The molecule has 0 aliphatic carbocycles. The molecule has 0 saturated carbocycles. The number of benzene rings is 4. The molecule has 55 heavy (non-hydrogen) atoms. The maximum atomic E-state index is 13.4. The second-order valence-corrected chi connectivity index (χ2v) is 16.1. The van der Waals surface area contributed by atoms with Gasteiger partial charge in [0.1, 0.15) is 23.3 Å². The molecule has 2 N–H and O–H groups in total. The first-order valence-electron chi connectivity index (χ1n) is 19.9. The first-order valence-corrected chi connectivity index (χ1v) is 19.9. The summed E-state index contributed by atoms with van der Waals surface area (Å²) in [7, 11) is 0. The number of hydrogen-bond acceptors (Lipinski definition) is 8. The summed E-state index contributed by atoms with van der Waals surface area (Å²) in [5.41, 5.74) is 6.67. The topological polar surface area (TPSA) is 106 Å². The molecule has 2 amide bonds. The molecule has 5 aliphatic rings. The summed E-state index contributed by atoms with van der Waals surface area (Å²) in [5, 5.41) is 12.9. The zero-order valence-electron chi connectivity index (χ0n) is 31.2. The van der Waals surface area contributed by atoms with E-state index >= 15 is 0 Å². The fraction of sp³-hybridized carbons (Fsp3) is 0.400. The Morgan fingerprint density at radius 3 is 2.29 bits per heavy atom. The third kappa shape index (κ3) is 6.81. The van der Waals surface area contributed by atoms with E-state index in [1.54, 1.807) is 17.0 Å². The fourth-order valence-electron chi connectivity index (χ4n) is 9.63. The first-order chi connectivity index (χ1) is 26.9. The molecule has 0 spiro atoms. The highest BCUT2D eigenvalue weighted by molar-refractivity contribution is 6.01. The lowest BCUT2D eigenvalue weighted by atomic mass is 9.76. The molecule has 10 nitrogen and oxygen atoms in total. The van der Waals surface area contributed by atoms with E-state index in [1.807, 2.05) is 18.2 Å². The predicted molar refractivity (Wildman–Crippen MR) is 212 cm³/mol. The number of nitrogens with zero attached hydrogens (tertiary/aromatic N) is 4. The highest BCUT2D eigenvalue weighted by Gasteiger charge is 2.46. The molecular weight excluding hydrogens is 691 g/mol. The van der Waals surface area contributed by atoms with Crippen LogP contribution in [0.5, 0.6) is 11.5 Å². The quantitative estimate of drug-likeness (QED) is 0.227. The Labute approximate surface area is 322 Å². The molecule has 0 aromatic heterocycles. The van der Waals surface area contributed by atoms with Crippen LogP contribution in [0, 0.1) is 5.92 Å². The van der Waals surface area contributed by atoms with Crippen LogP contribution in [0.15, 0.2) is 91.0 Å². The standard InChI is InChI=1S/C45H49N5O5/c51-30-45(17-14-42(53)46-29-45)50-27-34-24-36(10-12-38(34)44(50)54)49-22-20-47(21-23-49)26-31-15-18-48(19-16-31)35-8-6-33(7-9-35)43-39-13-11-37(52)25-41(39)55-28-40(43)32-4-2-1-3-5-32/h1-13,24-25,30-31,40,43,52H,14-23,26-29H2,(H,46,53)/t40-,43-,45?/m0/s1. The van der Waals surface area contributed by atoms with E-state index in [9.17, 15) is 19.5 Å². The maximum absolute atomic E-state index is 13.4. The second-order valence-electron chi connectivity index (χ2n) is 16.1. The van der Waals surface area contributed by atoms with Crippen molar-refractivity contribution in [2.45, 2.75) is 49.6 Å². The Morgan fingerprint density at radius 1 is 0.818 bits per heavy atom. The lowest BCUT2D eigenvalue weighted by molar-refractivity contribution is -0.128. The molecule has 3 fully saturated rings. The molecule has 0 bridgehead atoms. The van der Waals surface area contributed by atoms with Crippen molar-refractivity contribution in [3.05, 3.63) is 119 Å². The average Bonchev–Trinajstić information content (AvgIpc) is 3.57. The molecule has 4 aromatic rings. The predicted octanol–water partition coefficient (Wildman–Crippen LogP) is 5.54. The molecular formula is C45H49N5O5. The number of aromatic hydroxyl groups is 1. The molecule has 3 atom stereocenters. The fourth-order valence-corrected chi connectivity index (χ4v) is 9.63. The Balaban J connectivity index is 0.783. The van der Waals surface area contributed by atoms with Gasteiger partial charge in [0.15, 0.2) is 0 Å². The minimum absolute atomic E-state index is 0.0741. The van der Waals surface area contributed by atoms with Gasteiger partial charge >= 0.3 is 0 Å². The molecule has 5 aliphatic heterocycles. The van der Waals surface area contributed by atoms with Gasteiger partial charge in [-0.3, -0.25) is 14.5 Å². The van der Waals surface area contributed by atoms with Crippen molar-refractivity contribution >= 4 is 29.5 Å². The maximum Gasteiger partial charge on any atom is 0.255 e. The van der Waals surface area contributed by atoms with Gasteiger partial charge in [-0.1, -0.05) is 48.5 Å². The van der Waals surface area contributed by atoms with Crippen molar-refractivity contribution in [1.29, 1.82) is 0 Å². The van der Waals surface area contributed by atoms with E-state index < -0.39 is 5.54 Å². The van der Waals surface area contributed by atoms with Crippen LogP contribution in [-0.4, -0.2) is 97.5 Å². The highest BCUT2D eigenvalue weighted by atomic mass is 16.5. The summed E-state index contributed by atoms with van der Waals surface area (Å²) >= 11 is 0. The van der Waals surface area contributed by atoms with Gasteiger partial charge in [0, 0.05) is 106 Å². The number of amides is 2. The summed E-state index contributed by atoms with van der Waals surface area (Å²) in [4.78, 5) is 46.6. The van der Waals surface area contributed by atoms with Gasteiger partial charge in [-0.25, -0.2) is 0 Å². The number of phenols is 1. The van der Waals surface area contributed by atoms with Gasteiger partial charge in [-0.2, -0.15) is 0 Å². The SMILES string of the molecule is O=CC1(N2Cc3cc(N4CCN(CC5CCN(c6ccc([C@H]7c8ccc(O)cc8OC[C@H]7c7ccccc7)cc6)CC5)CC4)ccc3C2=O)CCC(=O)NC1. The van der Waals surface area contributed by atoms with Gasteiger partial charge < -0.3 is 34.7 Å². The van der Waals surface area contributed by atoms with Crippen LogP contribution in [0.1, 0.15) is 70.1 Å². The van der Waals surface area contributed by atoms with E-state index in [4.69, 9.17) is 4.74 Å². The number of piperidine rings is 2. The highest BCUT2D eigenvalue weighted by Crippen LogP contribution is 2.47. The van der Waals surface area contributed by atoms with Crippen molar-refractivity contribution in [2.75, 3.05) is 68.8 Å². The Morgan fingerprint density at radius 2 is 1.56 bits per heavy atom. The number of nitrogens with one attached hydrogen (secondary N) is 1. The average molecular weight is 740 g/mol. The van der Waals surface area contributed by atoms with E-state index in [1.165, 1.54) is 29.7 Å². The number of anilines is 2. The molecule has 284 valence electrons. The molecule has 3 saturated heterocycles. The third-order valence-electron chi connectivity index (χ3n) is 12.9. The number of aldehydes is 1. The van der Waals surface area contributed by atoms with Crippen LogP contribution in [-0.2, 0) is 16.1 Å². The Kier molecular flexibility index (Phi) is 9.46. The van der Waals surface area contributed by atoms with Gasteiger partial charge in [0.25, 0.3) is 5.91 Å². The number of rotatable bonds is 8. The van der Waals surface area contributed by atoms with Crippen LogP contribution in [0.3, 0.4) is 0 Å². The van der Waals surface area contributed by atoms with Crippen LogP contribution in [0.25, 0.3) is 0 Å². The molecule has 5 heterocycles. The van der Waals surface area contributed by atoms with Crippen molar-refractivity contribution in [3.8, 4) is 11.5 Å². The van der Waals surface area contributed by atoms with Crippen LogP contribution >= 0.6 is 0 Å². The zero-order valence-corrected chi connectivity index (χ0v) is 31.2. The number of carbonyl (C=O) groups is 3. The molecule has 9 rings (SSSR count). The number of carbonyl (C=O) groups excluding carboxylic acids is 3. The Bertz CT molecular complexity index is 2050. The van der Waals surface area contributed by atoms with Crippen molar-refractivity contribution < 1.29 is 24.2 Å². The second kappa shape index (κ2) is 14.7. The van der Waals surface area contributed by atoms with Gasteiger partial charge in [0.05, 0.1) is 6.61 Å². The molecule has 4 aromatic carbocycles. The largest absolute Gasteiger partial charge is 0.508 e. The third-order valence-corrected chi connectivity index (χ3v) is 12.9. The van der Waals surface area contributed by atoms with Crippen molar-refractivity contribution in [3.63, 3.8) is 0 Å². The van der Waals surface area contributed by atoms with E-state index in [-0.39, 0.29) is 42.4 Å². The molecule has 1 unspecified atom stereocenters. The summed E-state index contributed by atoms with van der Waals surface area (Å²) in [6.45, 7) is 8.27. The Hall–Kier alpha value is -5.35. The van der Waals surface area contributed by atoms with Gasteiger partial charge in [-0.05, 0) is 78.3 Å². The number of hydrogen-bond donors (Lipinski definition) is 2. The summed E-state index contributed by atoms with van der Waals surface area (Å²) in [5.74, 6) is 1.79. The van der Waals surface area contributed by atoms with Gasteiger partial charge in [0.2, 0.25) is 5.91 Å². The summed E-state index contributed by atoms with van der Waals surface area (Å²) in [6.07, 6.45) is 3.81.